The van der Waals surface area contributed by atoms with Crippen molar-refractivity contribution in [2.45, 2.75) is 31.2 Å². The summed E-state index contributed by atoms with van der Waals surface area (Å²) in [4.78, 5) is 2.42. The minimum Gasteiger partial charge on any atom is -0.377 e. The molecule has 0 bridgehead atoms. The zero-order valence-electron chi connectivity index (χ0n) is 9.11. The van der Waals surface area contributed by atoms with Crippen LogP contribution in [0.5, 0.6) is 0 Å². The maximum atomic E-state index is 5.69. The normalized spacial score (nSPS) is 35.6. The first-order valence-corrected chi connectivity index (χ1v) is 5.98. The van der Waals surface area contributed by atoms with Crippen molar-refractivity contribution < 1.29 is 14.2 Å². The molecule has 0 amide bonds. The van der Waals surface area contributed by atoms with E-state index in [1.807, 2.05) is 0 Å². The third-order valence-corrected chi connectivity index (χ3v) is 3.57. The van der Waals surface area contributed by atoms with Crippen LogP contribution in [0.2, 0.25) is 0 Å². The molecule has 0 saturated carbocycles. The fourth-order valence-electron chi connectivity index (χ4n) is 2.79. The smallest absolute Gasteiger partial charge is 0.182 e. The largest absolute Gasteiger partial charge is 0.377 e. The molecule has 4 heteroatoms. The highest BCUT2D eigenvalue weighted by Crippen LogP contribution is 2.31. The van der Waals surface area contributed by atoms with E-state index in [1.54, 1.807) is 0 Å². The molecule has 4 nitrogen and oxygen atoms in total. The minimum atomic E-state index is -0.265. The number of ether oxygens (including phenoxy) is 3. The van der Waals surface area contributed by atoms with Gasteiger partial charge in [0, 0.05) is 26.1 Å². The van der Waals surface area contributed by atoms with Crippen molar-refractivity contribution in [1.29, 1.82) is 0 Å². The molecular weight excluding hydrogens is 194 g/mol. The summed E-state index contributed by atoms with van der Waals surface area (Å²) < 4.78 is 17.0. The highest BCUT2D eigenvalue weighted by atomic mass is 16.7. The minimum absolute atomic E-state index is 0.265. The summed E-state index contributed by atoms with van der Waals surface area (Å²) in [6, 6.07) is 0. The Labute approximate surface area is 90.5 Å². The van der Waals surface area contributed by atoms with Gasteiger partial charge in [-0.25, -0.2) is 0 Å². The average molecular weight is 213 g/mol. The van der Waals surface area contributed by atoms with Gasteiger partial charge in [0.2, 0.25) is 0 Å². The number of hydrogen-bond acceptors (Lipinski definition) is 4. The zero-order chi connectivity index (χ0) is 10.1. The van der Waals surface area contributed by atoms with Crippen LogP contribution >= 0.6 is 0 Å². The standard InChI is InChI=1S/C11H19NO3/c1-2-10(13-5-1)8-12-4-3-11(9-12)14-6-7-15-11/h10H,1-9H2. The Bertz CT molecular complexity index is 222. The van der Waals surface area contributed by atoms with Crippen molar-refractivity contribution in [2.75, 3.05) is 39.5 Å². The summed E-state index contributed by atoms with van der Waals surface area (Å²) in [5.74, 6) is -0.265. The van der Waals surface area contributed by atoms with Crippen LogP contribution in [0.4, 0.5) is 0 Å². The van der Waals surface area contributed by atoms with E-state index in [0.29, 0.717) is 6.10 Å². The second-order valence-electron chi connectivity index (χ2n) is 4.73. The van der Waals surface area contributed by atoms with Gasteiger partial charge in [-0.05, 0) is 12.8 Å². The van der Waals surface area contributed by atoms with E-state index in [1.165, 1.54) is 12.8 Å². The van der Waals surface area contributed by atoms with E-state index < -0.39 is 0 Å². The van der Waals surface area contributed by atoms with Gasteiger partial charge in [0.05, 0.1) is 25.9 Å². The third-order valence-electron chi connectivity index (χ3n) is 3.57. The maximum absolute atomic E-state index is 5.69. The lowest BCUT2D eigenvalue weighted by Crippen LogP contribution is -2.37. The summed E-state index contributed by atoms with van der Waals surface area (Å²) in [7, 11) is 0. The molecule has 3 rings (SSSR count). The molecule has 1 spiro atoms. The molecular formula is C11H19NO3. The van der Waals surface area contributed by atoms with Crippen molar-refractivity contribution in [3.63, 3.8) is 0 Å². The second kappa shape index (κ2) is 4.01. The number of likely N-dealkylation sites (tertiary alicyclic amines) is 1. The first-order chi connectivity index (χ1) is 7.36. The predicted molar refractivity (Wildman–Crippen MR) is 54.7 cm³/mol. The molecule has 3 saturated heterocycles. The Morgan fingerprint density at radius 3 is 2.80 bits per heavy atom. The highest BCUT2D eigenvalue weighted by molar-refractivity contribution is 4.88. The molecule has 0 aliphatic carbocycles. The van der Waals surface area contributed by atoms with Gasteiger partial charge >= 0.3 is 0 Å². The van der Waals surface area contributed by atoms with Crippen molar-refractivity contribution in [3.05, 3.63) is 0 Å². The maximum Gasteiger partial charge on any atom is 0.182 e. The first-order valence-electron chi connectivity index (χ1n) is 5.98. The quantitative estimate of drug-likeness (QED) is 0.672. The molecule has 15 heavy (non-hydrogen) atoms. The Balaban J connectivity index is 1.52. The average Bonchev–Trinajstić information content (AvgIpc) is 2.92. The van der Waals surface area contributed by atoms with Gasteiger partial charge in [0.15, 0.2) is 5.79 Å². The van der Waals surface area contributed by atoms with Crippen LogP contribution in [-0.2, 0) is 14.2 Å². The lowest BCUT2D eigenvalue weighted by Gasteiger charge is -2.23. The van der Waals surface area contributed by atoms with E-state index in [9.17, 15) is 0 Å². The zero-order valence-corrected chi connectivity index (χ0v) is 9.11. The molecule has 3 aliphatic heterocycles. The molecule has 3 aliphatic rings. The van der Waals surface area contributed by atoms with E-state index in [4.69, 9.17) is 14.2 Å². The van der Waals surface area contributed by atoms with Crippen LogP contribution in [0, 0.1) is 0 Å². The molecule has 0 N–H and O–H groups in total. The molecule has 0 aromatic rings. The first kappa shape index (κ1) is 10.0. The number of rotatable bonds is 2. The van der Waals surface area contributed by atoms with Gasteiger partial charge in [-0.2, -0.15) is 0 Å². The van der Waals surface area contributed by atoms with Gasteiger partial charge in [0.25, 0.3) is 0 Å². The summed E-state index contributed by atoms with van der Waals surface area (Å²) >= 11 is 0. The van der Waals surface area contributed by atoms with E-state index in [0.717, 1.165) is 45.9 Å². The number of hydrogen-bond donors (Lipinski definition) is 0. The van der Waals surface area contributed by atoms with E-state index in [2.05, 4.69) is 4.90 Å². The van der Waals surface area contributed by atoms with Crippen LogP contribution in [0.1, 0.15) is 19.3 Å². The van der Waals surface area contributed by atoms with Gasteiger partial charge < -0.3 is 14.2 Å². The van der Waals surface area contributed by atoms with Gasteiger partial charge in [-0.1, -0.05) is 0 Å². The van der Waals surface area contributed by atoms with Crippen LogP contribution < -0.4 is 0 Å². The predicted octanol–water partition coefficient (Wildman–Crippen LogP) is 0.614. The van der Waals surface area contributed by atoms with Crippen molar-refractivity contribution in [2.24, 2.45) is 0 Å². The monoisotopic (exact) mass is 213 g/mol. The van der Waals surface area contributed by atoms with Crippen molar-refractivity contribution >= 4 is 0 Å². The Hall–Kier alpha value is -0.160. The topological polar surface area (TPSA) is 30.9 Å². The van der Waals surface area contributed by atoms with Crippen LogP contribution in [0.15, 0.2) is 0 Å². The van der Waals surface area contributed by atoms with Gasteiger partial charge in [-0.15, -0.1) is 0 Å². The SMILES string of the molecule is C1COC(CN2CCC3(C2)OCCO3)C1. The Morgan fingerprint density at radius 2 is 2.07 bits per heavy atom. The lowest BCUT2D eigenvalue weighted by molar-refractivity contribution is -0.146. The highest BCUT2D eigenvalue weighted by Gasteiger charge is 2.43. The summed E-state index contributed by atoms with van der Waals surface area (Å²) in [5.41, 5.74) is 0. The van der Waals surface area contributed by atoms with E-state index in [-0.39, 0.29) is 5.79 Å². The van der Waals surface area contributed by atoms with Gasteiger partial charge in [0.1, 0.15) is 0 Å². The summed E-state index contributed by atoms with van der Waals surface area (Å²) in [6.45, 7) is 5.51. The summed E-state index contributed by atoms with van der Waals surface area (Å²) in [5, 5.41) is 0. The van der Waals surface area contributed by atoms with Crippen LogP contribution in [0.3, 0.4) is 0 Å². The fraction of sp³-hybridized carbons (Fsp3) is 1.00. The molecule has 0 aromatic carbocycles. The van der Waals surface area contributed by atoms with Gasteiger partial charge in [-0.3, -0.25) is 4.90 Å². The van der Waals surface area contributed by atoms with Crippen molar-refractivity contribution in [1.82, 2.24) is 4.90 Å². The molecule has 0 radical (unpaired) electrons. The number of nitrogens with zero attached hydrogens (tertiary/aromatic N) is 1. The molecule has 1 unspecified atom stereocenters. The van der Waals surface area contributed by atoms with Crippen LogP contribution in [0.25, 0.3) is 0 Å². The summed E-state index contributed by atoms with van der Waals surface area (Å²) in [6.07, 6.45) is 3.89. The Morgan fingerprint density at radius 1 is 1.20 bits per heavy atom. The van der Waals surface area contributed by atoms with E-state index >= 15 is 0 Å². The second-order valence-corrected chi connectivity index (χ2v) is 4.73. The molecule has 3 heterocycles. The third kappa shape index (κ3) is 2.04. The van der Waals surface area contributed by atoms with Crippen molar-refractivity contribution in [3.8, 4) is 0 Å². The molecule has 1 atom stereocenters. The molecule has 3 fully saturated rings. The molecule has 0 aromatic heterocycles. The molecule has 86 valence electrons. The fourth-order valence-corrected chi connectivity index (χ4v) is 2.79. The lowest BCUT2D eigenvalue weighted by atomic mass is 10.2. The Kier molecular flexibility index (Phi) is 2.68. The van der Waals surface area contributed by atoms with Crippen LogP contribution in [-0.4, -0.2) is 56.2 Å².